The topological polar surface area (TPSA) is 43.4 Å². The number of ether oxygens (including phenoxy) is 1. The third kappa shape index (κ3) is 3.04. The standard InChI is InChI=1S/C10H8O3S/c1-13-10(12)4-2-3-8-5-6-9(7-11)14-8/h5-7H,4H2,1H3. The number of hydrogen-bond acceptors (Lipinski definition) is 4. The lowest BCUT2D eigenvalue weighted by Gasteiger charge is -1.88. The summed E-state index contributed by atoms with van der Waals surface area (Å²) in [6.45, 7) is 0. The zero-order valence-corrected chi connectivity index (χ0v) is 8.39. The van der Waals surface area contributed by atoms with Crippen molar-refractivity contribution in [3.05, 3.63) is 21.9 Å². The van der Waals surface area contributed by atoms with Crippen molar-refractivity contribution in [2.24, 2.45) is 0 Å². The lowest BCUT2D eigenvalue weighted by molar-refractivity contribution is -0.139. The van der Waals surface area contributed by atoms with Crippen LogP contribution in [-0.2, 0) is 9.53 Å². The minimum Gasteiger partial charge on any atom is -0.468 e. The summed E-state index contributed by atoms with van der Waals surface area (Å²) in [5.74, 6) is 5.08. The van der Waals surface area contributed by atoms with Crippen molar-refractivity contribution in [1.29, 1.82) is 0 Å². The van der Waals surface area contributed by atoms with Gasteiger partial charge in [0.05, 0.1) is 16.9 Å². The van der Waals surface area contributed by atoms with Gasteiger partial charge in [0.2, 0.25) is 0 Å². The van der Waals surface area contributed by atoms with E-state index in [-0.39, 0.29) is 12.4 Å². The smallest absolute Gasteiger partial charge is 0.317 e. The first-order chi connectivity index (χ1) is 6.76. The highest BCUT2D eigenvalue weighted by Crippen LogP contribution is 2.12. The fraction of sp³-hybridized carbons (Fsp3) is 0.200. The number of esters is 1. The summed E-state index contributed by atoms with van der Waals surface area (Å²) in [4.78, 5) is 22.4. The van der Waals surface area contributed by atoms with Crippen molar-refractivity contribution in [3.8, 4) is 11.8 Å². The van der Waals surface area contributed by atoms with Crippen LogP contribution in [0.4, 0.5) is 0 Å². The first kappa shape index (κ1) is 10.5. The van der Waals surface area contributed by atoms with Gasteiger partial charge in [-0.15, -0.1) is 11.3 Å². The molecule has 1 rings (SSSR count). The number of thiophene rings is 1. The maximum absolute atomic E-state index is 10.7. The van der Waals surface area contributed by atoms with E-state index in [0.29, 0.717) is 4.88 Å². The van der Waals surface area contributed by atoms with Crippen LogP contribution in [0.25, 0.3) is 0 Å². The van der Waals surface area contributed by atoms with Crippen molar-refractivity contribution in [2.75, 3.05) is 7.11 Å². The monoisotopic (exact) mass is 208 g/mol. The van der Waals surface area contributed by atoms with E-state index in [1.807, 2.05) is 0 Å². The van der Waals surface area contributed by atoms with Crippen molar-refractivity contribution < 1.29 is 14.3 Å². The van der Waals surface area contributed by atoms with Gasteiger partial charge in [-0.05, 0) is 12.1 Å². The Morgan fingerprint density at radius 3 is 3.00 bits per heavy atom. The molecule has 0 atom stereocenters. The molecule has 0 aliphatic carbocycles. The van der Waals surface area contributed by atoms with Crippen LogP contribution in [0, 0.1) is 11.8 Å². The van der Waals surface area contributed by atoms with Crippen LogP contribution < -0.4 is 0 Å². The molecule has 0 saturated heterocycles. The third-order valence-electron chi connectivity index (χ3n) is 1.41. The van der Waals surface area contributed by atoms with E-state index in [4.69, 9.17) is 0 Å². The maximum atomic E-state index is 10.7. The first-order valence-electron chi connectivity index (χ1n) is 3.87. The lowest BCUT2D eigenvalue weighted by atomic mass is 10.4. The van der Waals surface area contributed by atoms with Crippen LogP contribution in [0.5, 0.6) is 0 Å². The number of hydrogen-bond donors (Lipinski definition) is 0. The van der Waals surface area contributed by atoms with Crippen LogP contribution in [-0.4, -0.2) is 19.4 Å². The average Bonchev–Trinajstić information content (AvgIpc) is 2.65. The van der Waals surface area contributed by atoms with Gasteiger partial charge in [-0.25, -0.2) is 0 Å². The zero-order valence-electron chi connectivity index (χ0n) is 7.57. The minimum absolute atomic E-state index is 0.0742. The van der Waals surface area contributed by atoms with Crippen molar-refractivity contribution in [3.63, 3.8) is 0 Å². The molecule has 0 bridgehead atoms. The van der Waals surface area contributed by atoms with E-state index in [1.165, 1.54) is 18.4 Å². The highest BCUT2D eigenvalue weighted by Gasteiger charge is 1.96. The molecule has 0 aliphatic rings. The normalized spacial score (nSPS) is 8.64. The van der Waals surface area contributed by atoms with Crippen LogP contribution in [0.2, 0.25) is 0 Å². The molecule has 0 amide bonds. The summed E-state index contributed by atoms with van der Waals surface area (Å²) in [6.07, 6.45) is 0.848. The number of carbonyl (C=O) groups is 2. The highest BCUT2D eigenvalue weighted by molar-refractivity contribution is 7.14. The fourth-order valence-corrected chi connectivity index (χ4v) is 1.46. The zero-order chi connectivity index (χ0) is 10.4. The summed E-state index contributed by atoms with van der Waals surface area (Å²) in [6, 6.07) is 3.44. The molecular formula is C10H8O3S. The van der Waals surface area contributed by atoms with E-state index < -0.39 is 0 Å². The lowest BCUT2D eigenvalue weighted by Crippen LogP contribution is -1.96. The first-order valence-corrected chi connectivity index (χ1v) is 4.68. The second-order valence-electron chi connectivity index (χ2n) is 2.37. The van der Waals surface area contributed by atoms with Crippen LogP contribution in [0.15, 0.2) is 12.1 Å². The Hall–Kier alpha value is -1.60. The van der Waals surface area contributed by atoms with Gasteiger partial charge >= 0.3 is 5.97 Å². The van der Waals surface area contributed by atoms with Crippen LogP contribution in [0.1, 0.15) is 21.0 Å². The Bertz CT molecular complexity index is 395. The number of carbonyl (C=O) groups excluding carboxylic acids is 2. The van der Waals surface area contributed by atoms with Gasteiger partial charge in [-0.2, -0.15) is 0 Å². The van der Waals surface area contributed by atoms with E-state index in [2.05, 4.69) is 16.6 Å². The Morgan fingerprint density at radius 1 is 1.64 bits per heavy atom. The van der Waals surface area contributed by atoms with Gasteiger partial charge in [0.15, 0.2) is 6.29 Å². The Morgan fingerprint density at radius 2 is 2.43 bits per heavy atom. The molecule has 14 heavy (non-hydrogen) atoms. The molecule has 72 valence electrons. The van der Waals surface area contributed by atoms with E-state index in [9.17, 15) is 9.59 Å². The summed E-state index contributed by atoms with van der Waals surface area (Å²) in [5, 5.41) is 0. The molecule has 0 aromatic carbocycles. The molecule has 3 nitrogen and oxygen atoms in total. The molecule has 0 radical (unpaired) electrons. The number of aldehydes is 1. The van der Waals surface area contributed by atoms with Crippen LogP contribution >= 0.6 is 11.3 Å². The van der Waals surface area contributed by atoms with Crippen molar-refractivity contribution in [2.45, 2.75) is 6.42 Å². The van der Waals surface area contributed by atoms with Crippen molar-refractivity contribution >= 4 is 23.6 Å². The second-order valence-corrected chi connectivity index (χ2v) is 3.49. The fourth-order valence-electron chi connectivity index (χ4n) is 0.759. The van der Waals surface area contributed by atoms with Gasteiger partial charge < -0.3 is 4.74 Å². The molecule has 0 saturated carbocycles. The van der Waals surface area contributed by atoms with E-state index in [1.54, 1.807) is 12.1 Å². The highest BCUT2D eigenvalue weighted by atomic mass is 32.1. The molecule has 0 aliphatic heterocycles. The molecule has 1 heterocycles. The van der Waals surface area contributed by atoms with Gasteiger partial charge in [0, 0.05) is 0 Å². The predicted octanol–water partition coefficient (Wildman–Crippen LogP) is 1.48. The average molecular weight is 208 g/mol. The maximum Gasteiger partial charge on any atom is 0.317 e. The molecule has 0 unspecified atom stereocenters. The molecule has 0 fully saturated rings. The molecule has 0 spiro atoms. The van der Waals surface area contributed by atoms with Gasteiger partial charge in [0.25, 0.3) is 0 Å². The van der Waals surface area contributed by atoms with Gasteiger partial charge in [0.1, 0.15) is 6.42 Å². The quantitative estimate of drug-likeness (QED) is 0.420. The summed E-state index contributed by atoms with van der Waals surface area (Å²) in [7, 11) is 1.32. The summed E-state index contributed by atoms with van der Waals surface area (Å²) >= 11 is 1.30. The molecule has 1 aromatic rings. The SMILES string of the molecule is COC(=O)CC#Cc1ccc(C=O)s1. The molecule has 0 N–H and O–H groups in total. The van der Waals surface area contributed by atoms with Gasteiger partial charge in [-0.1, -0.05) is 11.8 Å². The van der Waals surface area contributed by atoms with Gasteiger partial charge in [-0.3, -0.25) is 9.59 Å². The molecule has 1 aromatic heterocycles. The summed E-state index contributed by atoms with van der Waals surface area (Å²) in [5.41, 5.74) is 0. The Balaban J connectivity index is 2.59. The minimum atomic E-state index is -0.357. The Kier molecular flexibility index (Phi) is 3.89. The van der Waals surface area contributed by atoms with E-state index >= 15 is 0 Å². The Labute approximate surface area is 85.7 Å². The number of methoxy groups -OCH3 is 1. The number of rotatable bonds is 2. The molecular weight excluding hydrogens is 200 g/mol. The summed E-state index contributed by atoms with van der Waals surface area (Å²) < 4.78 is 4.42. The van der Waals surface area contributed by atoms with Crippen LogP contribution in [0.3, 0.4) is 0 Å². The third-order valence-corrected chi connectivity index (χ3v) is 2.34. The predicted molar refractivity (Wildman–Crippen MR) is 53.2 cm³/mol. The van der Waals surface area contributed by atoms with E-state index in [0.717, 1.165) is 11.2 Å². The second kappa shape index (κ2) is 5.20. The largest absolute Gasteiger partial charge is 0.468 e. The molecule has 4 heteroatoms. The van der Waals surface area contributed by atoms with Crippen molar-refractivity contribution in [1.82, 2.24) is 0 Å².